The van der Waals surface area contributed by atoms with Crippen molar-refractivity contribution in [2.75, 3.05) is 182 Å². The summed E-state index contributed by atoms with van der Waals surface area (Å²) >= 11 is 0. The number of aryl methyl sites for hydroxylation is 3. The van der Waals surface area contributed by atoms with E-state index in [1.165, 1.54) is 0 Å². The number of nitrogens with one attached hydrogen (secondary N) is 4. The van der Waals surface area contributed by atoms with E-state index >= 15 is 0 Å². The van der Waals surface area contributed by atoms with Gasteiger partial charge in [-0.15, -0.1) is 0 Å². The topological polar surface area (TPSA) is 614 Å². The van der Waals surface area contributed by atoms with Crippen LogP contribution >= 0.6 is 0 Å². The molecule has 9 amide bonds. The summed E-state index contributed by atoms with van der Waals surface area (Å²) in [6, 6.07) is 8.03. The number of nitrogen functional groups attached to an aromatic ring is 2. The van der Waals surface area contributed by atoms with Gasteiger partial charge < -0.3 is 109 Å². The molecule has 4 aliphatic heterocycles. The molecule has 2 unspecified atom stereocenters. The highest BCUT2D eigenvalue weighted by atomic mass is 16.6. The Bertz CT molecular complexity index is 5680. The number of aliphatic carboxylic acids is 1. The second-order valence-electron chi connectivity index (χ2n) is 34.2. The van der Waals surface area contributed by atoms with Crippen molar-refractivity contribution in [1.82, 2.24) is 75.4 Å². The first-order valence-electron chi connectivity index (χ1n) is 48.2. The quantitative estimate of drug-likeness (QED) is 0.0124. The van der Waals surface area contributed by atoms with E-state index in [2.05, 4.69) is 80.5 Å². The highest BCUT2D eigenvalue weighted by Gasteiger charge is 2.47. The SMILES string of the molecule is CCn1c(-c2nonc2N)nc2c(C#CC(C)(C)O)ncc(OCCCCCCCC(=O)NCCOCCOCCOCCOCCOCCNc3cccc4c3C(=O)N(C3CCC(=O)NC3=O)C4=O)c21.CCn1c(-c2nonc2N)nc2c(C#CC(C)(C)O)ncc(OCCCCCCCC(=O)O)c21.NCCOCCOCCOCCOCCOCCCc1cccc2c1C(=O)N(C1CCC(=O)NC1=O)C2=O. The molecule has 4 aliphatic rings. The highest BCUT2D eigenvalue weighted by Crippen LogP contribution is 2.38. The molecule has 10 heterocycles. The molecular formula is C97H131N19O27. The van der Waals surface area contributed by atoms with Crippen LogP contribution in [0.25, 0.3) is 45.1 Å². The lowest BCUT2D eigenvalue weighted by molar-refractivity contribution is -0.138. The first-order valence-corrected chi connectivity index (χ1v) is 48.2. The second kappa shape index (κ2) is 58.6. The van der Waals surface area contributed by atoms with Gasteiger partial charge in [-0.3, -0.25) is 68.4 Å². The lowest BCUT2D eigenvalue weighted by Gasteiger charge is -2.27. The van der Waals surface area contributed by atoms with Crippen LogP contribution in [0, 0.1) is 23.7 Å². The Balaban J connectivity index is 0.000000244. The van der Waals surface area contributed by atoms with Gasteiger partial charge in [0.05, 0.1) is 173 Å². The number of aliphatic hydroxyl groups is 2. The minimum atomic E-state index is -1.22. The van der Waals surface area contributed by atoms with Crippen LogP contribution in [-0.4, -0.2) is 322 Å². The molecule has 2 aromatic carbocycles. The molecule has 13 N–H and O–H groups in total. The Kier molecular flexibility index (Phi) is 45.9. The number of carbonyl (C=O) groups excluding carboxylic acids is 9. The lowest BCUT2D eigenvalue weighted by Crippen LogP contribution is -2.54. The fourth-order valence-electron chi connectivity index (χ4n) is 15.4. The van der Waals surface area contributed by atoms with Gasteiger partial charge in [0.15, 0.2) is 46.2 Å². The number of rotatable bonds is 61. The molecule has 2 atom stereocenters. The number of ether oxygens (including phenoxy) is 12. The number of aromatic nitrogens is 10. The van der Waals surface area contributed by atoms with Crippen molar-refractivity contribution in [2.45, 2.75) is 193 Å². The number of carbonyl (C=O) groups is 10. The van der Waals surface area contributed by atoms with Crippen LogP contribution in [0.15, 0.2) is 58.0 Å². The molecule has 2 saturated heterocycles. The molecule has 12 rings (SSSR count). The molecule has 46 heteroatoms. The molecular weight excluding hydrogens is 1860 g/mol. The number of imidazole rings is 2. The van der Waals surface area contributed by atoms with Gasteiger partial charge in [-0.25, -0.2) is 29.2 Å². The normalized spacial score (nSPS) is 14.6. The van der Waals surface area contributed by atoms with E-state index in [1.807, 2.05) is 29.0 Å². The third-order valence-corrected chi connectivity index (χ3v) is 22.3. The van der Waals surface area contributed by atoms with Gasteiger partial charge in [-0.05, 0) is 149 Å². The van der Waals surface area contributed by atoms with E-state index in [9.17, 15) is 58.2 Å². The van der Waals surface area contributed by atoms with Crippen molar-refractivity contribution in [3.05, 3.63) is 88.0 Å². The van der Waals surface area contributed by atoms with Crippen LogP contribution in [0.2, 0.25) is 0 Å². The Morgan fingerprint density at radius 1 is 0.483 bits per heavy atom. The summed E-state index contributed by atoms with van der Waals surface area (Å²) in [6.07, 6.45) is 14.1. The Labute approximate surface area is 826 Å². The van der Waals surface area contributed by atoms with Crippen LogP contribution in [0.1, 0.15) is 209 Å². The molecule has 2 fully saturated rings. The maximum absolute atomic E-state index is 13.2. The van der Waals surface area contributed by atoms with E-state index in [-0.39, 0.29) is 66.3 Å². The molecule has 6 aromatic heterocycles. The third kappa shape index (κ3) is 34.4. The largest absolute Gasteiger partial charge is 0.490 e. The fourth-order valence-corrected chi connectivity index (χ4v) is 15.4. The van der Waals surface area contributed by atoms with E-state index in [4.69, 9.17) is 93.4 Å². The van der Waals surface area contributed by atoms with Crippen molar-refractivity contribution in [2.24, 2.45) is 5.73 Å². The lowest BCUT2D eigenvalue weighted by atomic mass is 9.99. The number of imide groups is 4. The van der Waals surface area contributed by atoms with Crippen LogP contribution in [-0.2, 0) is 95.6 Å². The summed E-state index contributed by atoms with van der Waals surface area (Å²) in [5.41, 5.74) is 20.8. The van der Waals surface area contributed by atoms with E-state index in [0.717, 1.165) is 73.2 Å². The number of amides is 9. The van der Waals surface area contributed by atoms with Crippen LogP contribution in [0.5, 0.6) is 11.5 Å². The molecule has 0 spiro atoms. The number of nitrogens with two attached hydrogens (primary N) is 3. The summed E-state index contributed by atoms with van der Waals surface area (Å²) in [5.74, 6) is 8.63. The highest BCUT2D eigenvalue weighted by molar-refractivity contribution is 6.26. The molecule has 0 bridgehead atoms. The molecule has 8 aromatic rings. The third-order valence-electron chi connectivity index (χ3n) is 22.3. The van der Waals surface area contributed by atoms with Crippen LogP contribution in [0.3, 0.4) is 0 Å². The minimum Gasteiger partial charge on any atom is -0.490 e. The summed E-state index contributed by atoms with van der Waals surface area (Å²) in [5, 5.41) is 54.5. The number of benzene rings is 2. The number of pyridine rings is 2. The summed E-state index contributed by atoms with van der Waals surface area (Å²) in [4.78, 5) is 143. The zero-order valence-corrected chi connectivity index (χ0v) is 81.8. The van der Waals surface area contributed by atoms with E-state index < -0.39 is 76.5 Å². The number of fused-ring (bicyclic) bond motifs is 4. The van der Waals surface area contributed by atoms with Crippen molar-refractivity contribution in [1.29, 1.82) is 0 Å². The number of carboxylic acids is 1. The van der Waals surface area contributed by atoms with Gasteiger partial charge in [-0.1, -0.05) is 68.6 Å². The number of piperidine rings is 2. The standard InChI is InChI=1S/C48H64N10O13.C26H37N3O9.C23H30N6O5/c1-4-57-42-36(31-52-34(16-17-48(2,3)64)40(42)54-44(57)41-43(49)56-71-55-41)70-20-9-7-5-6-8-13-37(59)51-19-22-66-24-26-68-28-30-69-29-27-67-25-23-65-21-18-50-33-12-10-11-32-39(33)47(63)58(46(32)62)35-14-15-38(60)53-45(35)61;27-8-10-35-12-14-37-16-18-38-17-15-36-13-11-34-9-2-4-19-3-1-5-20-23(19)26(33)29(25(20)32)21-6-7-22(30)28-24(21)31;1-4-29-20-16(33-13-9-7-5-6-8-10-17(30)31)14-25-15(11-12-23(2,3)32)18(20)26-22(29)19-21(24)28-34-27-19/h10-12,31,35,50,64H,4-9,13-15,18-30H2,1-3H3,(H2,49,56)(H,51,59)(H,53,60,61);1,3,5,21H,2,4,6-18,27H2,(H,28,30,31);14,32H,4-10,13H2,1-3H3,(H2,24,28)(H,30,31). The van der Waals surface area contributed by atoms with Crippen molar-refractivity contribution in [3.8, 4) is 58.2 Å². The molecule has 0 saturated carbocycles. The minimum absolute atomic E-state index is 0.00747. The summed E-state index contributed by atoms with van der Waals surface area (Å²) < 4.78 is 80.5. The molecule has 0 aliphatic carbocycles. The monoisotopic (exact) mass is 1990 g/mol. The van der Waals surface area contributed by atoms with E-state index in [1.54, 1.807) is 70.4 Å². The number of nitrogens with zero attached hydrogens (tertiary/aromatic N) is 12. The van der Waals surface area contributed by atoms with Gasteiger partial charge in [-0.2, -0.15) is 0 Å². The van der Waals surface area contributed by atoms with Gasteiger partial charge in [0, 0.05) is 70.7 Å². The fraction of sp³-hybridized carbons (Fsp3) is 0.567. The smallest absolute Gasteiger partial charge is 0.303 e. The van der Waals surface area contributed by atoms with E-state index in [0.29, 0.717) is 283 Å². The number of hydrogen-bond acceptors (Lipinski definition) is 38. The van der Waals surface area contributed by atoms with Gasteiger partial charge in [0.2, 0.25) is 29.5 Å². The van der Waals surface area contributed by atoms with Gasteiger partial charge >= 0.3 is 5.97 Å². The maximum atomic E-state index is 13.2. The van der Waals surface area contributed by atoms with Crippen molar-refractivity contribution >= 4 is 98.5 Å². The number of unbranched alkanes of at least 4 members (excludes halogenated alkanes) is 8. The molecule has 143 heavy (non-hydrogen) atoms. The first kappa shape index (κ1) is 112. The average Bonchev–Trinajstić information content (AvgIpc) is 1.62. The predicted octanol–water partition coefficient (Wildman–Crippen LogP) is 5.71. The van der Waals surface area contributed by atoms with Crippen molar-refractivity contribution in [3.63, 3.8) is 0 Å². The van der Waals surface area contributed by atoms with Crippen LogP contribution in [0.4, 0.5) is 17.3 Å². The Hall–Kier alpha value is -12.9. The summed E-state index contributed by atoms with van der Waals surface area (Å²) in [6.45, 7) is 22.2. The molecule has 46 nitrogen and oxygen atoms in total. The van der Waals surface area contributed by atoms with Gasteiger partial charge in [0.1, 0.15) is 56.7 Å². The Morgan fingerprint density at radius 3 is 1.30 bits per heavy atom. The summed E-state index contributed by atoms with van der Waals surface area (Å²) in [7, 11) is 0. The zero-order valence-electron chi connectivity index (χ0n) is 81.8. The first-order chi connectivity index (χ1) is 69.1. The molecule has 776 valence electrons. The van der Waals surface area contributed by atoms with Crippen molar-refractivity contribution < 1.29 is 129 Å². The predicted molar refractivity (Wildman–Crippen MR) is 515 cm³/mol. The second-order valence-corrected chi connectivity index (χ2v) is 34.2. The number of carboxylic acid groups (broad SMARTS) is 1. The zero-order chi connectivity index (χ0) is 102. The average molecular weight is 2000 g/mol. The van der Waals surface area contributed by atoms with Gasteiger partial charge in [0.25, 0.3) is 23.6 Å². The van der Waals surface area contributed by atoms with Crippen LogP contribution < -0.4 is 47.9 Å². The number of hydrogen-bond donors (Lipinski definition) is 10. The maximum Gasteiger partial charge on any atom is 0.303 e. The molecule has 0 radical (unpaired) electrons. The Morgan fingerprint density at radius 2 is 0.881 bits per heavy atom. The number of anilines is 3.